The Bertz CT molecular complexity index is 1910. The van der Waals surface area contributed by atoms with Crippen LogP contribution >= 0.6 is 11.3 Å². The van der Waals surface area contributed by atoms with Gasteiger partial charge in [0, 0.05) is 47.3 Å². The van der Waals surface area contributed by atoms with Crippen molar-refractivity contribution >= 4 is 45.1 Å². The van der Waals surface area contributed by atoms with E-state index in [1.54, 1.807) is 30.6 Å². The van der Waals surface area contributed by atoms with Gasteiger partial charge in [0.25, 0.3) is 5.91 Å². The van der Waals surface area contributed by atoms with Crippen molar-refractivity contribution in [2.75, 3.05) is 7.05 Å². The predicted octanol–water partition coefficient (Wildman–Crippen LogP) is 5.27. The van der Waals surface area contributed by atoms with E-state index in [0.29, 0.717) is 29.5 Å². The first-order valence-electron chi connectivity index (χ1n) is 14.0. The number of H-pyrrole nitrogens is 1. The minimum Gasteiger partial charge on any atom is -0.355 e. The summed E-state index contributed by atoms with van der Waals surface area (Å²) in [5.41, 5.74) is 3.39. The summed E-state index contributed by atoms with van der Waals surface area (Å²) in [5, 5.41) is 19.9. The van der Waals surface area contributed by atoms with Gasteiger partial charge in [-0.1, -0.05) is 44.1 Å². The molecule has 2 aromatic carbocycles. The summed E-state index contributed by atoms with van der Waals surface area (Å²) in [4.78, 5) is 36.6. The van der Waals surface area contributed by atoms with Gasteiger partial charge in [0.15, 0.2) is 5.82 Å². The lowest BCUT2D eigenvalue weighted by Gasteiger charge is -2.33. The van der Waals surface area contributed by atoms with Gasteiger partial charge in [0.2, 0.25) is 11.8 Å². The second-order valence-electron chi connectivity index (χ2n) is 11.5. The van der Waals surface area contributed by atoms with E-state index in [-0.39, 0.29) is 36.2 Å². The fourth-order valence-electron chi connectivity index (χ4n) is 5.18. The van der Waals surface area contributed by atoms with Crippen LogP contribution in [0.1, 0.15) is 60.2 Å². The number of hydrogen-bond donors (Lipinski definition) is 3. The van der Waals surface area contributed by atoms with Crippen molar-refractivity contribution in [3.8, 4) is 11.4 Å². The minimum atomic E-state index is -0.362. The molecule has 220 valence electrons. The number of thiophene rings is 1. The molecule has 4 heterocycles. The number of nitrogens with one attached hydrogen (secondary N) is 3. The van der Waals surface area contributed by atoms with Crippen LogP contribution in [-0.4, -0.2) is 48.8 Å². The molecule has 0 saturated carbocycles. The molecule has 0 bridgehead atoms. The van der Waals surface area contributed by atoms with Crippen LogP contribution in [0, 0.1) is 5.41 Å². The minimum absolute atomic E-state index is 0.127. The van der Waals surface area contributed by atoms with Crippen LogP contribution in [0.25, 0.3) is 33.3 Å². The number of fused-ring (bicyclic) bond motifs is 2. The number of imidazole rings is 1. The monoisotopic (exact) mass is 596 g/mol. The second kappa shape index (κ2) is 11.4. The van der Waals surface area contributed by atoms with Crippen LogP contribution in [0.5, 0.6) is 0 Å². The van der Waals surface area contributed by atoms with Gasteiger partial charge < -0.3 is 19.7 Å². The van der Waals surface area contributed by atoms with Crippen molar-refractivity contribution in [3.63, 3.8) is 0 Å². The molecule has 1 atom stereocenters. The Labute approximate surface area is 251 Å². The highest BCUT2D eigenvalue weighted by Crippen LogP contribution is 2.40. The summed E-state index contributed by atoms with van der Waals surface area (Å²) in [6, 6.07) is 15.1. The number of rotatable bonds is 9. The third-order valence-electron chi connectivity index (χ3n) is 7.43. The molecule has 12 heteroatoms. The van der Waals surface area contributed by atoms with Gasteiger partial charge in [-0.05, 0) is 41.1 Å². The van der Waals surface area contributed by atoms with Crippen LogP contribution in [0.15, 0.2) is 64.6 Å². The molecule has 4 aromatic heterocycles. The zero-order valence-corrected chi connectivity index (χ0v) is 25.2. The average Bonchev–Trinajstić information content (AvgIpc) is 3.80. The van der Waals surface area contributed by atoms with Crippen molar-refractivity contribution in [1.82, 2.24) is 40.5 Å². The topological polar surface area (TPSA) is 144 Å². The maximum absolute atomic E-state index is 13.5. The normalized spacial score (nSPS) is 12.6. The van der Waals surface area contributed by atoms with Gasteiger partial charge in [0.1, 0.15) is 5.82 Å². The standard InChI is InChI=1S/C31H32N8O3S/c1-31(2,3)25(15-27(40)33-17-28-36-26(38-42-28)14-21-6-5-11-43-21)39-24-13-19(30(41)32-4)9-10-22(24)35-29(39)18-7-8-20-16-34-37-23(20)12-18/h5-13,16,25H,14-15,17H2,1-4H3,(H,32,41)(H,33,40)(H,34,37). The summed E-state index contributed by atoms with van der Waals surface area (Å²) in [6.45, 7) is 6.41. The number of carbonyl (C=O) groups is 2. The van der Waals surface area contributed by atoms with E-state index >= 15 is 0 Å². The highest BCUT2D eigenvalue weighted by molar-refractivity contribution is 7.09. The molecular weight excluding hydrogens is 564 g/mol. The molecule has 2 amide bonds. The SMILES string of the molecule is CNC(=O)c1ccc2nc(-c3ccc4cn[nH]c4c3)n(C(CC(=O)NCc3nc(Cc4cccs4)no3)C(C)(C)C)c2c1. The highest BCUT2D eigenvalue weighted by Gasteiger charge is 2.33. The zero-order chi connectivity index (χ0) is 30.1. The lowest BCUT2D eigenvalue weighted by molar-refractivity contribution is -0.122. The quantitative estimate of drug-likeness (QED) is 0.206. The lowest BCUT2D eigenvalue weighted by Crippen LogP contribution is -2.32. The molecule has 0 spiro atoms. The summed E-state index contributed by atoms with van der Waals surface area (Å²) in [6.07, 6.45) is 2.52. The summed E-state index contributed by atoms with van der Waals surface area (Å²) >= 11 is 1.63. The molecular formula is C31H32N8O3S. The van der Waals surface area contributed by atoms with Gasteiger partial charge in [-0.2, -0.15) is 10.1 Å². The van der Waals surface area contributed by atoms with Crippen LogP contribution in [0.2, 0.25) is 0 Å². The molecule has 0 fully saturated rings. The third kappa shape index (κ3) is 5.91. The van der Waals surface area contributed by atoms with Crippen molar-refractivity contribution in [3.05, 3.63) is 82.3 Å². The van der Waals surface area contributed by atoms with E-state index in [9.17, 15) is 9.59 Å². The molecule has 0 radical (unpaired) electrons. The summed E-state index contributed by atoms with van der Waals surface area (Å²) in [5.74, 6) is 1.26. The van der Waals surface area contributed by atoms with E-state index in [1.807, 2.05) is 47.8 Å². The lowest BCUT2D eigenvalue weighted by atomic mass is 9.84. The fraction of sp³-hybridized carbons (Fsp3) is 0.290. The number of hydrogen-bond acceptors (Lipinski definition) is 8. The smallest absolute Gasteiger partial charge is 0.251 e. The fourth-order valence-corrected chi connectivity index (χ4v) is 5.88. The maximum atomic E-state index is 13.5. The Balaban J connectivity index is 1.33. The Morgan fingerprint density at radius 2 is 1.98 bits per heavy atom. The molecule has 0 aliphatic heterocycles. The van der Waals surface area contributed by atoms with Gasteiger partial charge in [-0.3, -0.25) is 14.7 Å². The Morgan fingerprint density at radius 1 is 1.12 bits per heavy atom. The first-order chi connectivity index (χ1) is 20.7. The van der Waals surface area contributed by atoms with Crippen molar-refractivity contribution in [2.24, 2.45) is 5.41 Å². The van der Waals surface area contributed by atoms with E-state index in [0.717, 1.165) is 32.4 Å². The van der Waals surface area contributed by atoms with E-state index in [4.69, 9.17) is 9.51 Å². The Morgan fingerprint density at radius 3 is 2.74 bits per heavy atom. The van der Waals surface area contributed by atoms with Gasteiger partial charge in [-0.25, -0.2) is 4.98 Å². The largest absolute Gasteiger partial charge is 0.355 e. The van der Waals surface area contributed by atoms with Crippen molar-refractivity contribution in [2.45, 2.75) is 46.2 Å². The zero-order valence-electron chi connectivity index (χ0n) is 24.3. The predicted molar refractivity (Wildman–Crippen MR) is 165 cm³/mol. The highest BCUT2D eigenvalue weighted by atomic mass is 32.1. The summed E-state index contributed by atoms with van der Waals surface area (Å²) in [7, 11) is 1.60. The maximum Gasteiger partial charge on any atom is 0.251 e. The first kappa shape index (κ1) is 28.3. The Hall–Kier alpha value is -4.84. The number of aromatic nitrogens is 6. The van der Waals surface area contributed by atoms with E-state index in [2.05, 4.69) is 56.3 Å². The molecule has 3 N–H and O–H groups in total. The number of carbonyl (C=O) groups excluding carboxylic acids is 2. The molecule has 43 heavy (non-hydrogen) atoms. The van der Waals surface area contributed by atoms with E-state index < -0.39 is 0 Å². The molecule has 0 saturated heterocycles. The number of nitrogens with zero attached hydrogens (tertiary/aromatic N) is 5. The first-order valence-corrected chi connectivity index (χ1v) is 14.9. The molecule has 0 aliphatic carbocycles. The van der Waals surface area contributed by atoms with Crippen molar-refractivity contribution < 1.29 is 14.1 Å². The number of amides is 2. The number of benzene rings is 2. The molecule has 0 aliphatic rings. The Kier molecular flexibility index (Phi) is 7.53. The second-order valence-corrected chi connectivity index (χ2v) is 12.5. The molecule has 6 aromatic rings. The van der Waals surface area contributed by atoms with Crippen LogP contribution in [0.3, 0.4) is 0 Å². The average molecular weight is 597 g/mol. The number of aromatic amines is 1. The van der Waals surface area contributed by atoms with Gasteiger partial charge in [0.05, 0.1) is 29.3 Å². The summed E-state index contributed by atoms with van der Waals surface area (Å²) < 4.78 is 7.47. The molecule has 1 unspecified atom stereocenters. The van der Waals surface area contributed by atoms with Crippen LogP contribution < -0.4 is 10.6 Å². The van der Waals surface area contributed by atoms with Crippen molar-refractivity contribution in [1.29, 1.82) is 0 Å². The van der Waals surface area contributed by atoms with E-state index in [1.165, 1.54) is 0 Å². The van der Waals surface area contributed by atoms with Gasteiger partial charge >= 0.3 is 0 Å². The van der Waals surface area contributed by atoms with Crippen LogP contribution in [-0.2, 0) is 17.8 Å². The molecule has 6 rings (SSSR count). The van der Waals surface area contributed by atoms with Gasteiger partial charge in [-0.15, -0.1) is 11.3 Å². The van der Waals surface area contributed by atoms with Crippen LogP contribution in [0.4, 0.5) is 0 Å². The third-order valence-corrected chi connectivity index (χ3v) is 8.30. The molecule has 11 nitrogen and oxygen atoms in total.